The van der Waals surface area contributed by atoms with Crippen LogP contribution in [-0.2, 0) is 9.53 Å². The van der Waals surface area contributed by atoms with E-state index in [2.05, 4.69) is 0 Å². The van der Waals surface area contributed by atoms with E-state index in [9.17, 15) is 14.0 Å². The summed E-state index contributed by atoms with van der Waals surface area (Å²) in [6.07, 6.45) is 1.76. The fourth-order valence-electron chi connectivity index (χ4n) is 4.71. The lowest BCUT2D eigenvalue weighted by Crippen LogP contribution is -2.40. The molecule has 0 fully saturated rings. The Kier molecular flexibility index (Phi) is 8.45. The average Bonchev–Trinajstić information content (AvgIpc) is 3.29. The highest BCUT2D eigenvalue weighted by atomic mass is 32.1. The Morgan fingerprint density at radius 2 is 1.66 bits per heavy atom. The van der Waals surface area contributed by atoms with E-state index < -0.39 is 17.8 Å². The van der Waals surface area contributed by atoms with Crippen LogP contribution in [-0.4, -0.2) is 30.4 Å². The molecule has 210 valence electrons. The second-order valence-electron chi connectivity index (χ2n) is 9.06. The van der Waals surface area contributed by atoms with E-state index in [0.29, 0.717) is 50.9 Å². The van der Waals surface area contributed by atoms with Crippen LogP contribution in [0.3, 0.4) is 0 Å². The maximum atomic E-state index is 14.0. The molecule has 7 nitrogen and oxygen atoms in total. The monoisotopic (exact) mass is 572 g/mol. The predicted octanol–water partition coefficient (Wildman–Crippen LogP) is 4.87. The van der Waals surface area contributed by atoms with Crippen LogP contribution in [0.1, 0.15) is 43.5 Å². The molecule has 0 N–H and O–H groups in total. The largest absolute Gasteiger partial charge is 0.490 e. The van der Waals surface area contributed by atoms with Crippen molar-refractivity contribution < 1.29 is 23.4 Å². The zero-order chi connectivity index (χ0) is 28.9. The van der Waals surface area contributed by atoms with Gasteiger partial charge in [-0.05, 0) is 62.2 Å². The van der Waals surface area contributed by atoms with Crippen molar-refractivity contribution in [3.05, 3.63) is 121 Å². The lowest BCUT2D eigenvalue weighted by molar-refractivity contribution is -0.138. The number of carbonyl (C=O) groups is 1. The highest BCUT2D eigenvalue weighted by Crippen LogP contribution is 2.35. The first kappa shape index (κ1) is 28.0. The molecule has 0 spiro atoms. The third kappa shape index (κ3) is 5.71. The molecule has 0 amide bonds. The number of nitrogens with zero attached hydrogens (tertiary/aromatic N) is 2. The molecule has 1 aliphatic heterocycles. The molecule has 5 rings (SSSR count). The zero-order valence-electron chi connectivity index (χ0n) is 22.9. The van der Waals surface area contributed by atoms with Crippen molar-refractivity contribution >= 4 is 29.1 Å². The minimum Gasteiger partial charge on any atom is -0.490 e. The number of ether oxygens (including phenoxy) is 3. The molecule has 3 aromatic carbocycles. The summed E-state index contributed by atoms with van der Waals surface area (Å²) in [5.41, 5.74) is 2.30. The van der Waals surface area contributed by atoms with Crippen LogP contribution in [0.15, 0.2) is 88.2 Å². The number of fused-ring (bicyclic) bond motifs is 1. The van der Waals surface area contributed by atoms with Crippen LogP contribution in [0.4, 0.5) is 4.39 Å². The summed E-state index contributed by atoms with van der Waals surface area (Å²) in [6.45, 7) is 6.61. The Labute approximate surface area is 240 Å². The summed E-state index contributed by atoms with van der Waals surface area (Å²) >= 11 is 1.21. The number of esters is 1. The van der Waals surface area contributed by atoms with Crippen LogP contribution in [0, 0.1) is 5.82 Å². The fraction of sp³-hybridized carbons (Fsp3) is 0.219. The molecule has 41 heavy (non-hydrogen) atoms. The van der Waals surface area contributed by atoms with E-state index in [1.165, 1.54) is 28.0 Å². The summed E-state index contributed by atoms with van der Waals surface area (Å²) in [6, 6.07) is 19.7. The molecule has 2 heterocycles. The Bertz CT molecular complexity index is 1780. The molecular formula is C32H29FN2O5S. The summed E-state index contributed by atoms with van der Waals surface area (Å²) in [7, 11) is 0. The predicted molar refractivity (Wildman–Crippen MR) is 156 cm³/mol. The topological polar surface area (TPSA) is 79.1 Å². The number of carbonyl (C=O) groups excluding carboxylic acids is 1. The molecule has 0 unspecified atom stereocenters. The number of hydrogen-bond donors (Lipinski definition) is 0. The van der Waals surface area contributed by atoms with Crippen molar-refractivity contribution in [3.63, 3.8) is 0 Å². The van der Waals surface area contributed by atoms with E-state index in [0.717, 1.165) is 5.56 Å². The smallest absolute Gasteiger partial charge is 0.338 e. The Morgan fingerprint density at radius 3 is 2.34 bits per heavy atom. The molecule has 1 atom stereocenters. The van der Waals surface area contributed by atoms with Gasteiger partial charge >= 0.3 is 5.97 Å². The van der Waals surface area contributed by atoms with Crippen molar-refractivity contribution in [1.29, 1.82) is 0 Å². The number of hydrogen-bond acceptors (Lipinski definition) is 7. The molecule has 0 bridgehead atoms. The van der Waals surface area contributed by atoms with Gasteiger partial charge in [-0.2, -0.15) is 0 Å². The molecule has 1 aromatic heterocycles. The van der Waals surface area contributed by atoms with Crippen LogP contribution < -0.4 is 24.4 Å². The highest BCUT2D eigenvalue weighted by Gasteiger charge is 2.35. The summed E-state index contributed by atoms with van der Waals surface area (Å²) in [5.74, 6) is 0.185. The standard InChI is InChI=1S/C32H29FN2O5S/c1-4-38-24-17-12-20(18-25(24)39-5-2)19-26-30(36)35-29(22-13-15-23(33)16-14-22)27(31(37)40-6-3)28(34-32(35)41-26)21-10-8-7-9-11-21/h7-19,29H,4-6H2,1-3H3/b26-19-/t29-/m0/s1. The minimum absolute atomic E-state index is 0.144. The van der Waals surface area contributed by atoms with Gasteiger partial charge < -0.3 is 14.2 Å². The first-order valence-corrected chi connectivity index (χ1v) is 14.2. The second-order valence-corrected chi connectivity index (χ2v) is 10.1. The van der Waals surface area contributed by atoms with E-state index in [-0.39, 0.29) is 17.7 Å². The summed E-state index contributed by atoms with van der Waals surface area (Å²) < 4.78 is 32.7. The van der Waals surface area contributed by atoms with Gasteiger partial charge in [0.1, 0.15) is 5.82 Å². The minimum atomic E-state index is -0.873. The molecule has 0 saturated heterocycles. The van der Waals surface area contributed by atoms with Crippen molar-refractivity contribution in [2.24, 2.45) is 4.99 Å². The Hall–Kier alpha value is -4.50. The molecule has 0 aliphatic carbocycles. The van der Waals surface area contributed by atoms with Gasteiger partial charge in [0.25, 0.3) is 5.56 Å². The van der Waals surface area contributed by atoms with Crippen molar-refractivity contribution in [2.45, 2.75) is 26.8 Å². The van der Waals surface area contributed by atoms with Crippen LogP contribution in [0.25, 0.3) is 11.8 Å². The maximum Gasteiger partial charge on any atom is 0.338 e. The van der Waals surface area contributed by atoms with Gasteiger partial charge in [-0.3, -0.25) is 9.36 Å². The maximum absolute atomic E-state index is 14.0. The molecule has 4 aromatic rings. The van der Waals surface area contributed by atoms with Crippen molar-refractivity contribution in [1.82, 2.24) is 4.57 Å². The van der Waals surface area contributed by atoms with Gasteiger partial charge in [-0.1, -0.05) is 59.9 Å². The van der Waals surface area contributed by atoms with Crippen LogP contribution in [0.2, 0.25) is 0 Å². The van der Waals surface area contributed by atoms with Gasteiger partial charge in [0.05, 0.1) is 41.7 Å². The molecule has 9 heteroatoms. The van der Waals surface area contributed by atoms with Crippen molar-refractivity contribution in [3.8, 4) is 11.5 Å². The van der Waals surface area contributed by atoms with E-state index in [4.69, 9.17) is 19.2 Å². The quantitative estimate of drug-likeness (QED) is 0.268. The summed E-state index contributed by atoms with van der Waals surface area (Å²) in [4.78, 5) is 32.7. The van der Waals surface area contributed by atoms with Crippen LogP contribution >= 0.6 is 11.3 Å². The molecular weight excluding hydrogens is 543 g/mol. The van der Waals surface area contributed by atoms with E-state index in [1.807, 2.05) is 62.4 Å². The van der Waals surface area contributed by atoms with E-state index in [1.54, 1.807) is 25.1 Å². The Balaban J connectivity index is 1.76. The highest BCUT2D eigenvalue weighted by molar-refractivity contribution is 7.07. The second kappa shape index (κ2) is 12.3. The average molecular weight is 573 g/mol. The first-order valence-electron chi connectivity index (χ1n) is 13.4. The lowest BCUT2D eigenvalue weighted by Gasteiger charge is -2.25. The third-order valence-electron chi connectivity index (χ3n) is 6.42. The van der Waals surface area contributed by atoms with Crippen molar-refractivity contribution in [2.75, 3.05) is 19.8 Å². The fourth-order valence-corrected chi connectivity index (χ4v) is 5.71. The normalized spacial score (nSPS) is 14.8. The number of rotatable bonds is 9. The molecule has 0 saturated carbocycles. The number of halogens is 1. The Morgan fingerprint density at radius 1 is 0.951 bits per heavy atom. The lowest BCUT2D eigenvalue weighted by atomic mass is 9.93. The third-order valence-corrected chi connectivity index (χ3v) is 7.41. The van der Waals surface area contributed by atoms with Crippen LogP contribution in [0.5, 0.6) is 11.5 Å². The van der Waals surface area contributed by atoms with Gasteiger partial charge in [-0.25, -0.2) is 14.2 Å². The number of aromatic nitrogens is 1. The first-order chi connectivity index (χ1) is 19.9. The number of benzene rings is 3. The van der Waals surface area contributed by atoms with E-state index >= 15 is 0 Å². The SMILES string of the molecule is CCOC(=O)C1=C(c2ccccc2)N=c2s/c(=C\c3ccc(OCC)c(OCC)c3)c(=O)n2[C@H]1c1ccc(F)cc1. The van der Waals surface area contributed by atoms with Gasteiger partial charge in [-0.15, -0.1) is 0 Å². The molecule has 1 aliphatic rings. The molecule has 0 radical (unpaired) electrons. The van der Waals surface area contributed by atoms with Gasteiger partial charge in [0.15, 0.2) is 16.3 Å². The zero-order valence-corrected chi connectivity index (χ0v) is 23.7. The number of thiazole rings is 1. The van der Waals surface area contributed by atoms with Gasteiger partial charge in [0.2, 0.25) is 0 Å². The summed E-state index contributed by atoms with van der Waals surface area (Å²) in [5, 5.41) is 0. The van der Waals surface area contributed by atoms with Gasteiger partial charge in [0, 0.05) is 5.56 Å².